The van der Waals surface area contributed by atoms with Crippen LogP contribution >= 0.6 is 0 Å². The third-order valence-corrected chi connectivity index (χ3v) is 2.18. The molecule has 0 radical (unpaired) electrons. The van der Waals surface area contributed by atoms with Crippen molar-refractivity contribution in [3.63, 3.8) is 0 Å². The zero-order chi connectivity index (χ0) is 13.5. The van der Waals surface area contributed by atoms with Crippen molar-refractivity contribution in [3.05, 3.63) is 46.0 Å². The minimum atomic E-state index is -0.958. The van der Waals surface area contributed by atoms with Gasteiger partial charge in [-0.15, -0.1) is 0 Å². The molecule has 1 rings (SSSR count). The zero-order valence-electron chi connectivity index (χ0n) is 10.0. The van der Waals surface area contributed by atoms with Gasteiger partial charge in [0.05, 0.1) is 4.92 Å². The largest absolute Gasteiger partial charge is 0.349 e. The predicted octanol–water partition coefficient (Wildman–Crippen LogP) is 1.80. The first kappa shape index (κ1) is 14.0. The number of nitro groups is 1. The average molecular weight is 251 g/mol. The van der Waals surface area contributed by atoms with E-state index in [-0.39, 0.29) is 11.5 Å². The van der Waals surface area contributed by atoms with Gasteiger partial charge in [0.25, 0.3) is 5.69 Å². The lowest BCUT2D eigenvalue weighted by molar-refractivity contribution is -0.384. The molecule has 0 atom stereocenters. The van der Waals surface area contributed by atoms with Gasteiger partial charge in [0.2, 0.25) is 12.1 Å². The summed E-state index contributed by atoms with van der Waals surface area (Å²) in [6.07, 6.45) is 1.77. The zero-order valence-corrected chi connectivity index (χ0v) is 10.0. The molecule has 0 aliphatic carbocycles. The molecule has 1 aromatic carbocycles. The number of non-ortho nitro benzene ring substituents is 1. The van der Waals surface area contributed by atoms with E-state index in [0.29, 0.717) is 5.56 Å². The first-order chi connectivity index (χ1) is 8.58. The Morgan fingerprint density at radius 3 is 2.61 bits per heavy atom. The maximum Gasteiger partial charge on any atom is 0.270 e. The van der Waals surface area contributed by atoms with E-state index in [1.807, 2.05) is 0 Å². The van der Waals surface area contributed by atoms with Crippen LogP contribution in [0, 0.1) is 10.1 Å². The van der Waals surface area contributed by atoms with Crippen LogP contribution in [0.25, 0.3) is 6.08 Å². The Balaban J connectivity index is 2.81. The van der Waals surface area contributed by atoms with Crippen molar-refractivity contribution >= 4 is 17.5 Å². The number of benzene rings is 1. The Kier molecular flexibility index (Phi) is 5.16. The van der Waals surface area contributed by atoms with Gasteiger partial charge in [-0.3, -0.25) is 14.9 Å². The molecule has 0 bridgehead atoms. The molecule has 0 heterocycles. The van der Waals surface area contributed by atoms with Crippen molar-refractivity contribution in [3.8, 4) is 0 Å². The highest BCUT2D eigenvalue weighted by molar-refractivity contribution is 5.96. The summed E-state index contributed by atoms with van der Waals surface area (Å²) in [6, 6.07) is 5.96. The van der Waals surface area contributed by atoms with Crippen molar-refractivity contribution in [1.82, 2.24) is 0 Å². The van der Waals surface area contributed by atoms with Crippen LogP contribution in [0.3, 0.4) is 0 Å². The second kappa shape index (κ2) is 6.63. The summed E-state index contributed by atoms with van der Waals surface area (Å²) in [7, 11) is 2.71. The monoisotopic (exact) mass is 251 g/mol. The number of ketones is 1. The number of ether oxygens (including phenoxy) is 2. The fourth-order valence-electron chi connectivity index (χ4n) is 1.33. The summed E-state index contributed by atoms with van der Waals surface area (Å²) in [4.78, 5) is 21.6. The molecule has 0 N–H and O–H groups in total. The van der Waals surface area contributed by atoms with Crippen LogP contribution in [0.15, 0.2) is 30.3 Å². The van der Waals surface area contributed by atoms with Crippen molar-refractivity contribution < 1.29 is 19.2 Å². The maximum atomic E-state index is 11.5. The van der Waals surface area contributed by atoms with E-state index >= 15 is 0 Å². The fraction of sp³-hybridized carbons (Fsp3) is 0.250. The summed E-state index contributed by atoms with van der Waals surface area (Å²) in [5, 5.41) is 10.6. The average Bonchev–Trinajstić information content (AvgIpc) is 2.38. The van der Waals surface area contributed by atoms with E-state index < -0.39 is 11.2 Å². The molecule has 0 saturated heterocycles. The molecular formula is C12H13NO5. The van der Waals surface area contributed by atoms with Gasteiger partial charge in [0.15, 0.2) is 0 Å². The van der Waals surface area contributed by atoms with Crippen LogP contribution in [-0.2, 0) is 14.3 Å². The summed E-state index contributed by atoms with van der Waals surface area (Å²) >= 11 is 0. The van der Waals surface area contributed by atoms with Gasteiger partial charge in [0.1, 0.15) is 0 Å². The Labute approximate surface area is 104 Å². The standard InChI is InChI=1S/C12H13NO5/c1-17-12(18-2)11(14)7-6-9-4-3-5-10(8-9)13(15)16/h3-8,12H,1-2H3. The van der Waals surface area contributed by atoms with Gasteiger partial charge in [-0.05, 0) is 11.6 Å². The lowest BCUT2D eigenvalue weighted by Gasteiger charge is -2.08. The molecule has 0 amide bonds. The number of hydrogen-bond acceptors (Lipinski definition) is 5. The number of methoxy groups -OCH3 is 2. The minimum Gasteiger partial charge on any atom is -0.349 e. The van der Waals surface area contributed by atoms with Crippen molar-refractivity contribution in [2.45, 2.75) is 6.29 Å². The molecule has 18 heavy (non-hydrogen) atoms. The van der Waals surface area contributed by atoms with E-state index in [4.69, 9.17) is 9.47 Å². The van der Waals surface area contributed by atoms with E-state index in [2.05, 4.69) is 0 Å². The van der Waals surface area contributed by atoms with Crippen molar-refractivity contribution in [2.75, 3.05) is 14.2 Å². The van der Waals surface area contributed by atoms with Crippen molar-refractivity contribution in [2.24, 2.45) is 0 Å². The summed E-state index contributed by atoms with van der Waals surface area (Å²) in [6.45, 7) is 0. The summed E-state index contributed by atoms with van der Waals surface area (Å²) in [5.41, 5.74) is 0.531. The number of nitro benzene ring substituents is 1. The van der Waals surface area contributed by atoms with E-state index in [0.717, 1.165) is 0 Å². The molecule has 0 aliphatic rings. The Morgan fingerprint density at radius 1 is 1.39 bits per heavy atom. The molecule has 1 aromatic rings. The first-order valence-electron chi connectivity index (χ1n) is 5.10. The molecule has 0 aromatic heterocycles. The second-order valence-electron chi connectivity index (χ2n) is 3.39. The number of nitrogens with zero attached hydrogens (tertiary/aromatic N) is 1. The van der Waals surface area contributed by atoms with Crippen molar-refractivity contribution in [1.29, 1.82) is 0 Å². The molecular weight excluding hydrogens is 238 g/mol. The van der Waals surface area contributed by atoms with Crippen LogP contribution < -0.4 is 0 Å². The van der Waals surface area contributed by atoms with Gasteiger partial charge in [-0.25, -0.2) is 0 Å². The first-order valence-corrected chi connectivity index (χ1v) is 5.10. The number of carbonyl (C=O) groups excluding carboxylic acids is 1. The number of carbonyl (C=O) groups is 1. The quantitative estimate of drug-likeness (QED) is 0.333. The Hall–Kier alpha value is -2.05. The molecule has 96 valence electrons. The highest BCUT2D eigenvalue weighted by Crippen LogP contribution is 2.14. The third-order valence-electron chi connectivity index (χ3n) is 2.18. The topological polar surface area (TPSA) is 78.7 Å². The second-order valence-corrected chi connectivity index (χ2v) is 3.39. The molecule has 0 fully saturated rings. The molecule has 0 aliphatic heterocycles. The lowest BCUT2D eigenvalue weighted by Crippen LogP contribution is -2.22. The summed E-state index contributed by atoms with van der Waals surface area (Å²) < 4.78 is 9.56. The molecule has 0 saturated carbocycles. The predicted molar refractivity (Wildman–Crippen MR) is 64.9 cm³/mol. The van der Waals surface area contributed by atoms with E-state index in [1.165, 1.54) is 38.5 Å². The Bertz CT molecular complexity index is 465. The SMILES string of the molecule is COC(OC)C(=O)C=Cc1cccc([N+](=O)[O-])c1. The normalized spacial score (nSPS) is 11.1. The lowest BCUT2D eigenvalue weighted by atomic mass is 10.1. The van der Waals surface area contributed by atoms with Crippen LogP contribution in [-0.4, -0.2) is 31.2 Å². The van der Waals surface area contributed by atoms with Gasteiger partial charge in [-0.1, -0.05) is 18.2 Å². The van der Waals surface area contributed by atoms with E-state index in [9.17, 15) is 14.9 Å². The molecule has 6 heteroatoms. The van der Waals surface area contributed by atoms with Gasteiger partial charge in [-0.2, -0.15) is 0 Å². The third kappa shape index (κ3) is 3.76. The van der Waals surface area contributed by atoms with Gasteiger partial charge in [0, 0.05) is 26.4 Å². The van der Waals surface area contributed by atoms with Gasteiger partial charge >= 0.3 is 0 Å². The Morgan fingerprint density at radius 2 is 2.06 bits per heavy atom. The van der Waals surface area contributed by atoms with Crippen LogP contribution in [0.4, 0.5) is 5.69 Å². The number of hydrogen-bond donors (Lipinski definition) is 0. The van der Waals surface area contributed by atoms with E-state index in [1.54, 1.807) is 12.1 Å². The highest BCUT2D eigenvalue weighted by atomic mass is 16.7. The maximum absolute atomic E-state index is 11.5. The van der Waals surface area contributed by atoms with Crippen LogP contribution in [0.2, 0.25) is 0 Å². The molecule has 0 unspecified atom stereocenters. The molecule has 6 nitrogen and oxygen atoms in total. The van der Waals surface area contributed by atoms with Crippen LogP contribution in [0.1, 0.15) is 5.56 Å². The number of rotatable bonds is 6. The van der Waals surface area contributed by atoms with Gasteiger partial charge < -0.3 is 9.47 Å². The smallest absolute Gasteiger partial charge is 0.270 e. The highest BCUT2D eigenvalue weighted by Gasteiger charge is 2.13. The minimum absolute atomic E-state index is 0.0281. The fourth-order valence-corrected chi connectivity index (χ4v) is 1.33. The summed E-state index contributed by atoms with van der Waals surface area (Å²) in [5.74, 6) is -0.369. The molecule has 0 spiro atoms. The van der Waals surface area contributed by atoms with Crippen LogP contribution in [0.5, 0.6) is 0 Å².